The van der Waals surface area contributed by atoms with Gasteiger partial charge >= 0.3 is 0 Å². The molecule has 0 aromatic carbocycles. The molecular weight excluding hydrogens is 1250 g/mol. The number of ether oxygens (including phenoxy) is 4. The van der Waals surface area contributed by atoms with Crippen molar-refractivity contribution < 1.29 is 64.6 Å². The molecule has 0 radical (unpaired) electrons. The van der Waals surface area contributed by atoms with Crippen LogP contribution in [0.5, 0.6) is 0 Å². The van der Waals surface area contributed by atoms with Crippen molar-refractivity contribution in [2.75, 3.05) is 19.8 Å². The number of aliphatic hydroxyl groups excluding tert-OH is 8. The number of hydrogen-bond donors (Lipinski definition) is 9. The zero-order chi connectivity index (χ0) is 72.2. The molecule has 2 saturated heterocycles. The van der Waals surface area contributed by atoms with Crippen LogP contribution in [0.1, 0.15) is 361 Å². The Morgan fingerprint density at radius 3 is 1.06 bits per heavy atom. The summed E-state index contributed by atoms with van der Waals surface area (Å²) in [4.78, 5) is 13.4. The van der Waals surface area contributed by atoms with E-state index in [1.165, 1.54) is 238 Å². The maximum atomic E-state index is 13.4. The maximum absolute atomic E-state index is 13.4. The van der Waals surface area contributed by atoms with E-state index >= 15 is 0 Å². The lowest BCUT2D eigenvalue weighted by Crippen LogP contribution is -2.65. The highest BCUT2D eigenvalue weighted by Gasteiger charge is 2.51. The van der Waals surface area contributed by atoms with E-state index in [-0.39, 0.29) is 12.5 Å². The van der Waals surface area contributed by atoms with Gasteiger partial charge in [-0.3, -0.25) is 4.79 Å². The molecule has 2 aliphatic rings. The van der Waals surface area contributed by atoms with Gasteiger partial charge in [0.1, 0.15) is 48.8 Å². The lowest BCUT2D eigenvalue weighted by atomic mass is 9.97. The van der Waals surface area contributed by atoms with Crippen LogP contribution < -0.4 is 5.32 Å². The number of nitrogens with one attached hydrogen (secondary N) is 1. The zero-order valence-electron chi connectivity index (χ0n) is 63.9. The van der Waals surface area contributed by atoms with Crippen molar-refractivity contribution in [2.24, 2.45) is 0 Å². The Hall–Kier alpha value is -2.83. The molecule has 582 valence electrons. The topological polar surface area (TPSA) is 228 Å². The summed E-state index contributed by atoms with van der Waals surface area (Å²) < 4.78 is 23.0. The van der Waals surface area contributed by atoms with Gasteiger partial charge in [-0.1, -0.05) is 369 Å². The van der Waals surface area contributed by atoms with Crippen molar-refractivity contribution in [3.63, 3.8) is 0 Å². The molecule has 2 rings (SSSR count). The molecule has 14 nitrogen and oxygen atoms in total. The Labute approximate surface area is 611 Å². The van der Waals surface area contributed by atoms with Crippen molar-refractivity contribution in [3.8, 4) is 0 Å². The zero-order valence-corrected chi connectivity index (χ0v) is 63.9. The van der Waals surface area contributed by atoms with Gasteiger partial charge < -0.3 is 65.1 Å². The fourth-order valence-electron chi connectivity index (χ4n) is 13.6. The number of unbranched alkanes of at least 4 members (excludes halogenated alkanes) is 43. The van der Waals surface area contributed by atoms with Gasteiger partial charge in [-0.25, -0.2) is 0 Å². The molecule has 0 aliphatic carbocycles. The van der Waals surface area contributed by atoms with Gasteiger partial charge in [0.05, 0.1) is 32.0 Å². The molecule has 2 heterocycles. The van der Waals surface area contributed by atoms with E-state index in [1.807, 2.05) is 0 Å². The van der Waals surface area contributed by atoms with Crippen LogP contribution in [-0.2, 0) is 23.7 Å². The van der Waals surface area contributed by atoms with Crippen LogP contribution in [0.15, 0.2) is 85.1 Å². The summed E-state index contributed by atoms with van der Waals surface area (Å²) in [5.74, 6) is -0.201. The third kappa shape index (κ3) is 51.4. The minimum absolute atomic E-state index is 0.201. The highest BCUT2D eigenvalue weighted by Crippen LogP contribution is 2.30. The third-order valence-corrected chi connectivity index (χ3v) is 20.1. The normalized spacial score (nSPS) is 22.3. The molecule has 12 unspecified atom stereocenters. The van der Waals surface area contributed by atoms with Crippen LogP contribution in [0.2, 0.25) is 0 Å². The number of carbonyl (C=O) groups excluding carboxylic acids is 1. The van der Waals surface area contributed by atoms with E-state index in [1.54, 1.807) is 0 Å². The Kier molecular flexibility index (Phi) is 64.6. The van der Waals surface area contributed by atoms with Gasteiger partial charge in [-0.2, -0.15) is 0 Å². The molecule has 0 bridgehead atoms. The Balaban J connectivity index is 1.57. The predicted octanol–water partition coefficient (Wildman–Crippen LogP) is 19.5. The van der Waals surface area contributed by atoms with E-state index in [4.69, 9.17) is 18.9 Å². The Morgan fingerprint density at radius 2 is 0.690 bits per heavy atom. The fraction of sp³-hybridized carbons (Fsp3) is 0.826. The van der Waals surface area contributed by atoms with E-state index in [2.05, 4.69) is 104 Å². The van der Waals surface area contributed by atoms with E-state index in [9.17, 15) is 45.6 Å². The summed E-state index contributed by atoms with van der Waals surface area (Å²) in [6, 6.07) is -0.832. The first kappa shape index (κ1) is 93.3. The van der Waals surface area contributed by atoms with Crippen molar-refractivity contribution >= 4 is 5.91 Å². The molecule has 100 heavy (non-hydrogen) atoms. The molecule has 14 heteroatoms. The molecule has 9 N–H and O–H groups in total. The molecule has 1 amide bonds. The summed E-state index contributed by atoms with van der Waals surface area (Å²) in [6.45, 7) is 2.80. The molecule has 0 spiro atoms. The molecule has 2 fully saturated rings. The number of aliphatic hydroxyl groups is 8. The number of hydrogen-bond acceptors (Lipinski definition) is 13. The SMILES string of the molecule is CC/C=C\C/C=C\C/C=C\C/C=C\C/C=C\C/C=C\C/C=C\CCCCCCCCCCCCCCCCCCCCCC(=O)NC(COC1OC(CO)C(OC2OC(CO)C(O)C(O)C2O)C(O)C1O)C(O)CCCCCCCCCCCCCCCCCCCCCCCCCCC. The summed E-state index contributed by atoms with van der Waals surface area (Å²) in [5.41, 5.74) is 0. The predicted molar refractivity (Wildman–Crippen MR) is 415 cm³/mol. The van der Waals surface area contributed by atoms with Crippen LogP contribution in [0.4, 0.5) is 0 Å². The van der Waals surface area contributed by atoms with Gasteiger partial charge in [0.2, 0.25) is 5.91 Å². The highest BCUT2D eigenvalue weighted by atomic mass is 16.7. The second-order valence-corrected chi connectivity index (χ2v) is 29.2. The fourth-order valence-corrected chi connectivity index (χ4v) is 13.6. The second-order valence-electron chi connectivity index (χ2n) is 29.2. The first-order valence-corrected chi connectivity index (χ1v) is 41.8. The van der Waals surface area contributed by atoms with Crippen molar-refractivity contribution in [2.45, 2.75) is 434 Å². The van der Waals surface area contributed by atoms with Gasteiger partial charge in [-0.05, 0) is 70.6 Å². The lowest BCUT2D eigenvalue weighted by molar-refractivity contribution is -0.359. The molecule has 0 aromatic heterocycles. The molecular formula is C86H155NO13. The van der Waals surface area contributed by atoms with E-state index in [0.29, 0.717) is 12.8 Å². The van der Waals surface area contributed by atoms with Gasteiger partial charge in [-0.15, -0.1) is 0 Å². The number of amides is 1. The first-order chi connectivity index (χ1) is 49.1. The average molecular weight is 1410 g/mol. The van der Waals surface area contributed by atoms with Crippen molar-refractivity contribution in [3.05, 3.63) is 85.1 Å². The van der Waals surface area contributed by atoms with Gasteiger partial charge in [0, 0.05) is 6.42 Å². The largest absolute Gasteiger partial charge is 0.394 e. The molecule has 2 aliphatic heterocycles. The summed E-state index contributed by atoms with van der Waals surface area (Å²) >= 11 is 0. The van der Waals surface area contributed by atoms with Gasteiger partial charge in [0.25, 0.3) is 0 Å². The van der Waals surface area contributed by atoms with Crippen LogP contribution in [0, 0.1) is 0 Å². The standard InChI is InChI=1S/C86H155NO13/c1-3-5-7-9-11-13-15-17-19-21-23-25-27-29-30-31-32-33-34-35-36-37-38-39-40-41-42-43-44-46-48-50-52-54-56-58-60-62-64-66-68-70-78(91)87-74(73-97-85-83(96)81(94)84(77(72-89)99-85)100-86-82(95)80(93)79(92)76(71-88)98-86)75(90)69-67-65-63-61-59-57-55-53-51-49-47-45-28-26-24-22-20-18-16-14-12-10-8-6-4-2/h5,7,11,13,17,19,23,25,29-30,32-33,35-36,74-77,79-86,88-90,92-96H,3-4,6,8-10,12,14-16,18,20-22,24,26-28,31,34,37-73H2,1-2H3,(H,87,91)/b7-5-,13-11-,19-17-,25-23-,30-29-,33-32-,36-35-. The van der Waals surface area contributed by atoms with Crippen molar-refractivity contribution in [1.29, 1.82) is 0 Å². The van der Waals surface area contributed by atoms with Crippen LogP contribution in [0.3, 0.4) is 0 Å². The minimum atomic E-state index is -1.78. The second kappa shape index (κ2) is 69.2. The smallest absolute Gasteiger partial charge is 0.220 e. The lowest BCUT2D eigenvalue weighted by Gasteiger charge is -2.46. The van der Waals surface area contributed by atoms with Gasteiger partial charge in [0.15, 0.2) is 12.6 Å². The number of rotatable bonds is 70. The third-order valence-electron chi connectivity index (χ3n) is 20.1. The summed E-state index contributed by atoms with van der Waals surface area (Å²) in [5, 5.41) is 87.9. The number of carbonyl (C=O) groups is 1. The van der Waals surface area contributed by atoms with E-state index in [0.717, 1.165) is 96.3 Å². The summed E-state index contributed by atoms with van der Waals surface area (Å²) in [6.07, 6.45) is 80.6. The van der Waals surface area contributed by atoms with Crippen LogP contribution in [0.25, 0.3) is 0 Å². The number of allylic oxidation sites excluding steroid dienone is 14. The summed E-state index contributed by atoms with van der Waals surface area (Å²) in [7, 11) is 0. The minimum Gasteiger partial charge on any atom is -0.394 e. The maximum Gasteiger partial charge on any atom is 0.220 e. The molecule has 12 atom stereocenters. The monoisotopic (exact) mass is 1410 g/mol. The Bertz CT molecular complexity index is 2010. The first-order valence-electron chi connectivity index (χ1n) is 41.8. The van der Waals surface area contributed by atoms with Crippen LogP contribution in [-0.4, -0.2) is 140 Å². The quantitative estimate of drug-likeness (QED) is 0.0204. The molecule has 0 aromatic rings. The Morgan fingerprint density at radius 1 is 0.370 bits per heavy atom. The molecule has 0 saturated carbocycles. The van der Waals surface area contributed by atoms with E-state index < -0.39 is 86.8 Å². The van der Waals surface area contributed by atoms with Crippen molar-refractivity contribution in [1.82, 2.24) is 5.32 Å². The average Bonchev–Trinajstić information content (AvgIpc) is 0.791. The highest BCUT2D eigenvalue weighted by molar-refractivity contribution is 5.76. The van der Waals surface area contributed by atoms with Crippen LogP contribution >= 0.6 is 0 Å².